The van der Waals surface area contributed by atoms with Crippen molar-refractivity contribution >= 4 is 17.2 Å². The van der Waals surface area contributed by atoms with E-state index in [4.69, 9.17) is 4.42 Å². The molecule has 23 heavy (non-hydrogen) atoms. The van der Waals surface area contributed by atoms with E-state index in [1.54, 1.807) is 11.3 Å². The molecule has 2 aromatic rings. The zero-order chi connectivity index (χ0) is 16.2. The molecule has 0 saturated carbocycles. The third-order valence-electron chi connectivity index (χ3n) is 4.23. The van der Waals surface area contributed by atoms with Gasteiger partial charge in [-0.25, -0.2) is 4.98 Å². The average molecular weight is 333 g/mol. The van der Waals surface area contributed by atoms with Gasteiger partial charge in [-0.15, -0.1) is 11.3 Å². The summed E-state index contributed by atoms with van der Waals surface area (Å²) >= 11 is 1.80. The molecule has 0 radical (unpaired) electrons. The maximum atomic E-state index is 12.3. The summed E-state index contributed by atoms with van der Waals surface area (Å²) in [6.45, 7) is 6.83. The first-order valence-corrected chi connectivity index (χ1v) is 9.05. The fourth-order valence-electron chi connectivity index (χ4n) is 2.92. The minimum absolute atomic E-state index is 0.133. The van der Waals surface area contributed by atoms with Crippen molar-refractivity contribution in [2.24, 2.45) is 0 Å². The summed E-state index contributed by atoms with van der Waals surface area (Å²) in [4.78, 5) is 20.5. The van der Waals surface area contributed by atoms with Crippen LogP contribution in [0.1, 0.15) is 46.8 Å². The SMILES string of the molecule is CCc1nc(C)c(C(=O)NC2CCN(Cc3cccs3)CC2)o1. The summed E-state index contributed by atoms with van der Waals surface area (Å²) in [7, 11) is 0. The summed E-state index contributed by atoms with van der Waals surface area (Å²) < 4.78 is 5.53. The van der Waals surface area contributed by atoms with E-state index in [9.17, 15) is 4.79 Å². The molecule has 0 aromatic carbocycles. The number of aromatic nitrogens is 1. The lowest BCUT2D eigenvalue weighted by molar-refractivity contribution is 0.0879. The van der Waals surface area contributed by atoms with Gasteiger partial charge in [-0.2, -0.15) is 0 Å². The molecule has 1 saturated heterocycles. The third-order valence-corrected chi connectivity index (χ3v) is 5.09. The van der Waals surface area contributed by atoms with Gasteiger partial charge >= 0.3 is 0 Å². The van der Waals surface area contributed by atoms with Crippen LogP contribution in [-0.2, 0) is 13.0 Å². The van der Waals surface area contributed by atoms with Gasteiger partial charge in [0.15, 0.2) is 5.89 Å². The molecule has 6 heteroatoms. The van der Waals surface area contributed by atoms with Gasteiger partial charge in [0.2, 0.25) is 5.76 Å². The maximum absolute atomic E-state index is 12.3. The van der Waals surface area contributed by atoms with Crippen molar-refractivity contribution in [1.82, 2.24) is 15.2 Å². The van der Waals surface area contributed by atoms with E-state index in [1.807, 2.05) is 13.8 Å². The normalized spacial score (nSPS) is 16.6. The number of hydrogen-bond acceptors (Lipinski definition) is 5. The van der Waals surface area contributed by atoms with Crippen LogP contribution in [0.5, 0.6) is 0 Å². The topological polar surface area (TPSA) is 58.4 Å². The van der Waals surface area contributed by atoms with Gasteiger partial charge in [0.05, 0.1) is 5.69 Å². The lowest BCUT2D eigenvalue weighted by atomic mass is 10.0. The summed E-state index contributed by atoms with van der Waals surface area (Å²) in [5, 5.41) is 5.21. The van der Waals surface area contributed by atoms with Crippen LogP contribution in [0.3, 0.4) is 0 Å². The van der Waals surface area contributed by atoms with Crippen molar-refractivity contribution in [3.05, 3.63) is 39.7 Å². The van der Waals surface area contributed by atoms with E-state index >= 15 is 0 Å². The highest BCUT2D eigenvalue weighted by Gasteiger charge is 2.24. The number of likely N-dealkylation sites (tertiary alicyclic amines) is 1. The highest BCUT2D eigenvalue weighted by atomic mass is 32.1. The Labute approximate surface area is 140 Å². The minimum atomic E-state index is -0.133. The van der Waals surface area contributed by atoms with Crippen molar-refractivity contribution in [3.8, 4) is 0 Å². The number of carbonyl (C=O) groups excluding carboxylic acids is 1. The van der Waals surface area contributed by atoms with Gasteiger partial charge in [-0.3, -0.25) is 9.69 Å². The Bertz CT molecular complexity index is 643. The molecule has 3 heterocycles. The van der Waals surface area contributed by atoms with Crippen molar-refractivity contribution in [1.29, 1.82) is 0 Å². The molecule has 1 aliphatic heterocycles. The van der Waals surface area contributed by atoms with Crippen LogP contribution in [-0.4, -0.2) is 34.9 Å². The van der Waals surface area contributed by atoms with Gasteiger partial charge in [-0.05, 0) is 31.2 Å². The molecule has 0 aliphatic carbocycles. The van der Waals surface area contributed by atoms with Crippen LogP contribution >= 0.6 is 11.3 Å². The summed E-state index contributed by atoms with van der Waals surface area (Å²) in [5.74, 6) is 0.854. The van der Waals surface area contributed by atoms with Crippen LogP contribution in [0, 0.1) is 6.92 Å². The highest BCUT2D eigenvalue weighted by molar-refractivity contribution is 7.09. The first kappa shape index (κ1) is 16.2. The number of carbonyl (C=O) groups is 1. The zero-order valence-electron chi connectivity index (χ0n) is 13.7. The molecule has 5 nitrogen and oxygen atoms in total. The van der Waals surface area contributed by atoms with Crippen LogP contribution in [0.2, 0.25) is 0 Å². The van der Waals surface area contributed by atoms with E-state index in [0.29, 0.717) is 23.8 Å². The summed E-state index contributed by atoms with van der Waals surface area (Å²) in [6, 6.07) is 4.49. The lowest BCUT2D eigenvalue weighted by Crippen LogP contribution is -2.44. The van der Waals surface area contributed by atoms with Crippen molar-refractivity contribution in [2.75, 3.05) is 13.1 Å². The average Bonchev–Trinajstić information content (AvgIpc) is 3.18. The number of nitrogens with zero attached hydrogens (tertiary/aromatic N) is 2. The molecular weight excluding hydrogens is 310 g/mol. The fraction of sp³-hybridized carbons (Fsp3) is 0.529. The second-order valence-corrected chi connectivity index (χ2v) is 7.01. The Kier molecular flexibility index (Phi) is 5.13. The Hall–Kier alpha value is -1.66. The second-order valence-electron chi connectivity index (χ2n) is 5.98. The number of nitrogens with one attached hydrogen (secondary N) is 1. The van der Waals surface area contributed by atoms with E-state index in [-0.39, 0.29) is 11.9 Å². The smallest absolute Gasteiger partial charge is 0.289 e. The zero-order valence-corrected chi connectivity index (χ0v) is 14.5. The largest absolute Gasteiger partial charge is 0.435 e. The standard InChI is InChI=1S/C17H23N3O2S/c1-3-15-18-12(2)16(22-15)17(21)19-13-6-8-20(9-7-13)11-14-5-4-10-23-14/h4-5,10,13H,3,6-9,11H2,1-2H3,(H,19,21). The molecule has 0 spiro atoms. The molecule has 1 fully saturated rings. The number of aryl methyl sites for hydroxylation is 2. The predicted molar refractivity (Wildman–Crippen MR) is 90.7 cm³/mol. The molecular formula is C17H23N3O2S. The van der Waals surface area contributed by atoms with E-state index in [1.165, 1.54) is 4.88 Å². The quantitative estimate of drug-likeness (QED) is 0.914. The van der Waals surface area contributed by atoms with Crippen molar-refractivity contribution in [2.45, 2.75) is 45.7 Å². The molecule has 124 valence electrons. The van der Waals surface area contributed by atoms with E-state index in [0.717, 1.165) is 32.5 Å². The van der Waals surface area contributed by atoms with Crippen molar-refractivity contribution in [3.63, 3.8) is 0 Å². The number of piperidine rings is 1. The molecule has 0 atom stereocenters. The maximum Gasteiger partial charge on any atom is 0.289 e. The van der Waals surface area contributed by atoms with Gasteiger partial charge < -0.3 is 9.73 Å². The fourth-order valence-corrected chi connectivity index (χ4v) is 3.67. The monoisotopic (exact) mass is 333 g/mol. The Morgan fingerprint density at radius 3 is 2.87 bits per heavy atom. The summed E-state index contributed by atoms with van der Waals surface area (Å²) in [6.07, 6.45) is 2.66. The number of oxazole rings is 1. The first-order chi connectivity index (χ1) is 11.2. The Morgan fingerprint density at radius 2 is 2.26 bits per heavy atom. The molecule has 2 aromatic heterocycles. The van der Waals surface area contributed by atoms with Crippen LogP contribution in [0.15, 0.2) is 21.9 Å². The Balaban J connectivity index is 1.50. The van der Waals surface area contributed by atoms with E-state index in [2.05, 4.69) is 32.7 Å². The van der Waals surface area contributed by atoms with Gasteiger partial charge in [0.25, 0.3) is 5.91 Å². The van der Waals surface area contributed by atoms with Crippen molar-refractivity contribution < 1.29 is 9.21 Å². The predicted octanol–water partition coefficient (Wildman–Crippen LogP) is 3.00. The number of rotatable bonds is 5. The van der Waals surface area contributed by atoms with Crippen LogP contribution < -0.4 is 5.32 Å². The van der Waals surface area contributed by atoms with E-state index < -0.39 is 0 Å². The summed E-state index contributed by atoms with van der Waals surface area (Å²) in [5.41, 5.74) is 0.675. The van der Waals surface area contributed by atoms with Gasteiger partial charge in [0, 0.05) is 37.0 Å². The van der Waals surface area contributed by atoms with Gasteiger partial charge in [0.1, 0.15) is 0 Å². The molecule has 1 aliphatic rings. The molecule has 3 rings (SSSR count). The molecule has 1 amide bonds. The van der Waals surface area contributed by atoms with Crippen LogP contribution in [0.4, 0.5) is 0 Å². The third kappa shape index (κ3) is 4.00. The number of amides is 1. The molecule has 0 bridgehead atoms. The number of thiophene rings is 1. The Morgan fingerprint density at radius 1 is 1.48 bits per heavy atom. The molecule has 1 N–H and O–H groups in total. The molecule has 0 unspecified atom stereocenters. The minimum Gasteiger partial charge on any atom is -0.435 e. The highest BCUT2D eigenvalue weighted by Crippen LogP contribution is 2.18. The van der Waals surface area contributed by atoms with Gasteiger partial charge in [-0.1, -0.05) is 13.0 Å². The van der Waals surface area contributed by atoms with Crippen LogP contribution in [0.25, 0.3) is 0 Å². The number of hydrogen-bond donors (Lipinski definition) is 1. The lowest BCUT2D eigenvalue weighted by Gasteiger charge is -2.31. The first-order valence-electron chi connectivity index (χ1n) is 8.17. The second kappa shape index (κ2) is 7.27.